The molecule has 172 valence electrons. The summed E-state index contributed by atoms with van der Waals surface area (Å²) in [5.41, 5.74) is 1.22. The van der Waals surface area contributed by atoms with E-state index in [1.54, 1.807) is 11.3 Å². The van der Waals surface area contributed by atoms with Gasteiger partial charge < -0.3 is 9.84 Å². The molecule has 3 saturated heterocycles. The van der Waals surface area contributed by atoms with Crippen LogP contribution in [0.4, 0.5) is 13.2 Å². The number of likely N-dealkylation sites (tertiary alicyclic amines) is 1. The number of hydroxylamine groups is 2. The highest BCUT2D eigenvalue weighted by molar-refractivity contribution is 5.78. The smallest absolute Gasteiger partial charge is 0.475 e. The number of halogens is 3. The van der Waals surface area contributed by atoms with Crippen LogP contribution in [-0.4, -0.2) is 77.1 Å². The van der Waals surface area contributed by atoms with Crippen molar-refractivity contribution in [3.8, 4) is 0 Å². The van der Waals surface area contributed by atoms with Gasteiger partial charge in [0.05, 0.1) is 19.3 Å². The summed E-state index contributed by atoms with van der Waals surface area (Å²) < 4.78 is 37.7. The zero-order valence-electron chi connectivity index (χ0n) is 17.0. The molecule has 3 aliphatic rings. The van der Waals surface area contributed by atoms with E-state index in [-0.39, 0.29) is 23.8 Å². The molecular weight excluding hydrogens is 419 g/mol. The van der Waals surface area contributed by atoms with Gasteiger partial charge in [-0.25, -0.2) is 9.86 Å². The lowest BCUT2D eigenvalue weighted by Gasteiger charge is -2.45. The van der Waals surface area contributed by atoms with Crippen molar-refractivity contribution >= 4 is 11.9 Å². The Hall–Kier alpha value is -2.24. The van der Waals surface area contributed by atoms with Crippen LogP contribution in [0.3, 0.4) is 0 Å². The van der Waals surface area contributed by atoms with E-state index in [0.717, 1.165) is 45.4 Å². The minimum Gasteiger partial charge on any atom is -0.475 e. The van der Waals surface area contributed by atoms with Gasteiger partial charge in [0.2, 0.25) is 5.91 Å². The number of piperidine rings is 1. The molecule has 0 radical (unpaired) electrons. The van der Waals surface area contributed by atoms with Crippen molar-refractivity contribution in [2.75, 3.05) is 32.8 Å². The first kappa shape index (κ1) is 23.4. The number of carbonyl (C=O) groups is 2. The first-order valence-electron chi connectivity index (χ1n) is 10.2. The number of carbonyl (C=O) groups excluding carboxylic acids is 1. The van der Waals surface area contributed by atoms with Gasteiger partial charge in [-0.2, -0.15) is 13.2 Å². The van der Waals surface area contributed by atoms with Gasteiger partial charge in [0.15, 0.2) is 0 Å². The molecule has 3 fully saturated rings. The molecule has 3 aliphatic heterocycles. The molecule has 0 saturated carbocycles. The maximum absolute atomic E-state index is 12.8. The highest BCUT2D eigenvalue weighted by Gasteiger charge is 2.43. The number of aliphatic carboxylic acids is 1. The molecular formula is C20H26F3N3O5. The Labute approximate surface area is 177 Å². The van der Waals surface area contributed by atoms with Crippen LogP contribution < -0.4 is 0 Å². The molecule has 1 aromatic heterocycles. The van der Waals surface area contributed by atoms with Gasteiger partial charge >= 0.3 is 12.1 Å². The van der Waals surface area contributed by atoms with Crippen LogP contribution in [0, 0.1) is 11.8 Å². The molecule has 4 rings (SSSR count). The number of hydrogen-bond acceptors (Lipinski definition) is 6. The number of amides is 1. The van der Waals surface area contributed by atoms with E-state index in [9.17, 15) is 18.0 Å². The third-order valence-electron chi connectivity index (χ3n) is 5.64. The molecule has 8 nitrogen and oxygen atoms in total. The number of carboxylic acids is 1. The summed E-state index contributed by atoms with van der Waals surface area (Å²) in [7, 11) is 0. The van der Waals surface area contributed by atoms with Crippen molar-refractivity contribution in [3.05, 3.63) is 30.1 Å². The van der Waals surface area contributed by atoms with E-state index in [1.165, 1.54) is 5.56 Å². The van der Waals surface area contributed by atoms with Crippen molar-refractivity contribution in [1.29, 1.82) is 0 Å². The van der Waals surface area contributed by atoms with Crippen molar-refractivity contribution < 1.29 is 37.4 Å². The number of aromatic nitrogens is 1. The van der Waals surface area contributed by atoms with E-state index in [2.05, 4.69) is 16.0 Å². The second-order valence-corrected chi connectivity index (χ2v) is 7.78. The predicted molar refractivity (Wildman–Crippen MR) is 101 cm³/mol. The van der Waals surface area contributed by atoms with Crippen molar-refractivity contribution in [1.82, 2.24) is 14.9 Å². The van der Waals surface area contributed by atoms with Crippen LogP contribution in [0.1, 0.15) is 24.8 Å². The number of alkyl halides is 3. The zero-order valence-corrected chi connectivity index (χ0v) is 17.0. The van der Waals surface area contributed by atoms with Crippen molar-refractivity contribution in [2.24, 2.45) is 11.8 Å². The predicted octanol–water partition coefficient (Wildman–Crippen LogP) is 2.11. The minimum atomic E-state index is -5.08. The Morgan fingerprint density at radius 3 is 2.61 bits per heavy atom. The number of pyridine rings is 1. The Morgan fingerprint density at radius 2 is 2.00 bits per heavy atom. The van der Waals surface area contributed by atoms with E-state index >= 15 is 0 Å². The molecule has 0 aromatic carbocycles. The summed E-state index contributed by atoms with van der Waals surface area (Å²) in [6.07, 6.45) is 1.59. The first-order chi connectivity index (χ1) is 14.8. The van der Waals surface area contributed by atoms with Gasteiger partial charge in [-0.15, -0.1) is 0 Å². The van der Waals surface area contributed by atoms with Gasteiger partial charge in [-0.3, -0.25) is 19.5 Å². The molecule has 1 amide bonds. The molecule has 3 atom stereocenters. The van der Waals surface area contributed by atoms with Gasteiger partial charge in [-0.1, -0.05) is 6.07 Å². The molecule has 1 N–H and O–H groups in total. The number of rotatable bonds is 3. The summed E-state index contributed by atoms with van der Waals surface area (Å²) in [4.78, 5) is 33.9. The molecule has 0 spiro atoms. The fraction of sp³-hybridized carbons (Fsp3) is 0.650. The number of carboxylic acid groups (broad SMARTS) is 1. The summed E-state index contributed by atoms with van der Waals surface area (Å²) in [5, 5.41) is 8.72. The van der Waals surface area contributed by atoms with Crippen LogP contribution in [0.2, 0.25) is 0 Å². The van der Waals surface area contributed by atoms with Crippen LogP contribution in [0.5, 0.6) is 0 Å². The summed E-state index contributed by atoms with van der Waals surface area (Å²) in [6, 6.07) is 4.08. The van der Waals surface area contributed by atoms with Gasteiger partial charge in [0.1, 0.15) is 0 Å². The summed E-state index contributed by atoms with van der Waals surface area (Å²) in [6.45, 7) is 4.89. The Bertz CT molecular complexity index is 743. The molecule has 0 aliphatic carbocycles. The standard InChI is InChI=1S/C18H25N3O3.C2HF3O2/c22-18(21-7-2-9-24-21)15-5-10-23-17-4-8-20(13-16(15)17)12-14-3-1-6-19-11-14;3-2(4,5)1(6)7/h1,3,6,11,15-17H,2,4-5,7-10,12-13H2;(H,6,7)/t15-,16+,17-;/m1./s1. The number of ether oxygens (including phenoxy) is 1. The van der Waals surface area contributed by atoms with Crippen molar-refractivity contribution in [2.45, 2.75) is 38.1 Å². The topological polar surface area (TPSA) is 92.2 Å². The van der Waals surface area contributed by atoms with E-state index in [1.807, 2.05) is 12.3 Å². The number of nitrogens with zero attached hydrogens (tertiary/aromatic N) is 3. The van der Waals surface area contributed by atoms with Gasteiger partial charge in [-0.05, 0) is 30.9 Å². The monoisotopic (exact) mass is 445 g/mol. The molecule has 0 unspecified atom stereocenters. The first-order valence-corrected chi connectivity index (χ1v) is 10.2. The normalized spacial score (nSPS) is 26.5. The maximum Gasteiger partial charge on any atom is 0.490 e. The molecule has 11 heteroatoms. The number of hydrogen-bond donors (Lipinski definition) is 1. The van der Waals surface area contributed by atoms with Crippen LogP contribution in [-0.2, 0) is 25.7 Å². The van der Waals surface area contributed by atoms with E-state index in [4.69, 9.17) is 19.5 Å². The summed E-state index contributed by atoms with van der Waals surface area (Å²) >= 11 is 0. The van der Waals surface area contributed by atoms with Crippen molar-refractivity contribution in [3.63, 3.8) is 0 Å². The second kappa shape index (κ2) is 10.4. The van der Waals surface area contributed by atoms with Crippen LogP contribution in [0.25, 0.3) is 0 Å². The highest BCUT2D eigenvalue weighted by atomic mass is 19.4. The fourth-order valence-corrected chi connectivity index (χ4v) is 4.19. The van der Waals surface area contributed by atoms with Crippen LogP contribution >= 0.6 is 0 Å². The Morgan fingerprint density at radius 1 is 1.23 bits per heavy atom. The quantitative estimate of drug-likeness (QED) is 0.762. The molecule has 31 heavy (non-hydrogen) atoms. The summed E-state index contributed by atoms with van der Waals surface area (Å²) in [5.74, 6) is -2.30. The molecule has 0 bridgehead atoms. The zero-order chi connectivity index (χ0) is 22.4. The molecule has 1 aromatic rings. The SMILES string of the molecule is O=C(O)C(F)(F)F.O=C([C@@H]1CCO[C@@H]2CCN(Cc3cccnc3)C[C@H]21)N1CCCO1. The average molecular weight is 445 g/mol. The average Bonchev–Trinajstić information content (AvgIpc) is 3.28. The van der Waals surface area contributed by atoms with Gasteiger partial charge in [0.25, 0.3) is 0 Å². The largest absolute Gasteiger partial charge is 0.490 e. The lowest BCUT2D eigenvalue weighted by molar-refractivity contribution is -0.192. The Balaban J connectivity index is 0.000000339. The lowest BCUT2D eigenvalue weighted by atomic mass is 9.79. The van der Waals surface area contributed by atoms with Crippen LogP contribution in [0.15, 0.2) is 24.5 Å². The third-order valence-corrected chi connectivity index (χ3v) is 5.64. The lowest BCUT2D eigenvalue weighted by Crippen LogP contribution is -2.53. The highest BCUT2D eigenvalue weighted by Crippen LogP contribution is 2.35. The van der Waals surface area contributed by atoms with E-state index in [0.29, 0.717) is 13.2 Å². The third kappa shape index (κ3) is 6.37. The van der Waals surface area contributed by atoms with E-state index < -0.39 is 12.1 Å². The minimum absolute atomic E-state index is 0.0264. The number of fused-ring (bicyclic) bond motifs is 1. The molecule has 4 heterocycles. The second-order valence-electron chi connectivity index (χ2n) is 7.78. The maximum atomic E-state index is 12.8. The Kier molecular flexibility index (Phi) is 7.84. The fourth-order valence-electron chi connectivity index (χ4n) is 4.19. The van der Waals surface area contributed by atoms with Gasteiger partial charge in [0, 0.05) is 50.5 Å².